The topological polar surface area (TPSA) is 79.2 Å². The van der Waals surface area contributed by atoms with E-state index in [2.05, 4.69) is 5.32 Å². The molecule has 132 valence electrons. The van der Waals surface area contributed by atoms with Gasteiger partial charge in [0.1, 0.15) is 5.75 Å². The lowest BCUT2D eigenvalue weighted by atomic mass is 9.85. The zero-order valence-electron chi connectivity index (χ0n) is 14.8. The summed E-state index contributed by atoms with van der Waals surface area (Å²) < 4.78 is 5.71. The summed E-state index contributed by atoms with van der Waals surface area (Å²) in [6, 6.07) is 16.4. The van der Waals surface area contributed by atoms with Gasteiger partial charge in [0.15, 0.2) is 11.7 Å². The van der Waals surface area contributed by atoms with Crippen molar-refractivity contribution in [1.82, 2.24) is 5.32 Å². The molecule has 0 spiro atoms. The van der Waals surface area contributed by atoms with Gasteiger partial charge in [-0.3, -0.25) is 9.59 Å². The molecule has 0 saturated heterocycles. The number of rotatable bonds is 5. The fourth-order valence-electron chi connectivity index (χ4n) is 3.03. The number of para-hydroxylation sites is 1. The number of benzene rings is 2. The zero-order chi connectivity index (χ0) is 18.7. The van der Waals surface area contributed by atoms with E-state index in [0.29, 0.717) is 12.4 Å². The molecule has 2 aromatic rings. The molecule has 0 fully saturated rings. The number of hydrogen-bond donors (Lipinski definition) is 1. The van der Waals surface area contributed by atoms with Crippen LogP contribution in [0.4, 0.5) is 0 Å². The summed E-state index contributed by atoms with van der Waals surface area (Å²) in [4.78, 5) is 25.2. The molecule has 0 bridgehead atoms. The Morgan fingerprint density at radius 2 is 1.92 bits per heavy atom. The number of Topliss-reactive ketones (excluding diaryl/α,β-unsaturated/α-hetero) is 1. The van der Waals surface area contributed by atoms with E-state index in [0.717, 1.165) is 11.1 Å². The van der Waals surface area contributed by atoms with Crippen LogP contribution in [0, 0.1) is 17.2 Å². The first kappa shape index (κ1) is 17.7. The van der Waals surface area contributed by atoms with Gasteiger partial charge in [0, 0.05) is 17.5 Å². The summed E-state index contributed by atoms with van der Waals surface area (Å²) >= 11 is 0. The summed E-state index contributed by atoms with van der Waals surface area (Å²) in [5.41, 5.74) is 1.90. The van der Waals surface area contributed by atoms with Gasteiger partial charge in [-0.2, -0.15) is 5.26 Å². The molecule has 3 rings (SSSR count). The molecule has 1 N–H and O–H groups in total. The zero-order valence-corrected chi connectivity index (χ0v) is 14.8. The summed E-state index contributed by atoms with van der Waals surface area (Å²) in [5, 5.41) is 12.1. The first-order chi connectivity index (χ1) is 12.4. The maximum atomic E-state index is 12.8. The van der Waals surface area contributed by atoms with Gasteiger partial charge in [0.2, 0.25) is 5.91 Å². The molecule has 0 radical (unpaired) electrons. The van der Waals surface area contributed by atoms with Crippen LogP contribution in [0.3, 0.4) is 0 Å². The van der Waals surface area contributed by atoms with Crippen LogP contribution >= 0.6 is 0 Å². The van der Waals surface area contributed by atoms with Gasteiger partial charge in [-0.15, -0.1) is 0 Å². The molecule has 1 heterocycles. The van der Waals surface area contributed by atoms with Crippen LogP contribution in [0.15, 0.2) is 48.5 Å². The van der Waals surface area contributed by atoms with Crippen molar-refractivity contribution in [3.8, 4) is 11.8 Å². The Morgan fingerprint density at radius 3 is 2.62 bits per heavy atom. The largest absolute Gasteiger partial charge is 0.492 e. The van der Waals surface area contributed by atoms with Crippen molar-refractivity contribution in [3.05, 3.63) is 65.2 Å². The SMILES string of the molecule is CC1(C)COc2c(C(=O)[C@H](C#N)C(=O)NCc3ccccc3)cccc21. The van der Waals surface area contributed by atoms with E-state index in [1.807, 2.05) is 56.3 Å². The molecule has 5 nitrogen and oxygen atoms in total. The highest BCUT2D eigenvalue weighted by Crippen LogP contribution is 2.41. The summed E-state index contributed by atoms with van der Waals surface area (Å²) in [6.45, 7) is 4.79. The number of fused-ring (bicyclic) bond motifs is 1. The quantitative estimate of drug-likeness (QED) is 0.665. The third kappa shape index (κ3) is 3.31. The second kappa shape index (κ2) is 7.01. The van der Waals surface area contributed by atoms with Gasteiger partial charge in [0.05, 0.1) is 18.2 Å². The van der Waals surface area contributed by atoms with Crippen molar-refractivity contribution in [3.63, 3.8) is 0 Å². The summed E-state index contributed by atoms with van der Waals surface area (Å²) in [5.74, 6) is -2.06. The Balaban J connectivity index is 1.79. The minimum atomic E-state index is -1.41. The highest BCUT2D eigenvalue weighted by Gasteiger charge is 2.37. The molecule has 2 aromatic carbocycles. The Kier molecular flexibility index (Phi) is 4.77. The first-order valence-corrected chi connectivity index (χ1v) is 8.46. The number of ether oxygens (including phenoxy) is 1. The van der Waals surface area contributed by atoms with Crippen molar-refractivity contribution < 1.29 is 14.3 Å². The molecule has 0 aliphatic carbocycles. The van der Waals surface area contributed by atoms with Crippen molar-refractivity contribution in [1.29, 1.82) is 5.26 Å². The summed E-state index contributed by atoms with van der Waals surface area (Å²) in [7, 11) is 0. The molecule has 0 saturated carbocycles. The van der Waals surface area contributed by atoms with E-state index in [4.69, 9.17) is 4.74 Å². The molecular formula is C21H20N2O3. The second-order valence-electron chi connectivity index (χ2n) is 6.98. The number of nitriles is 1. The van der Waals surface area contributed by atoms with Crippen molar-refractivity contribution in [2.45, 2.75) is 25.8 Å². The van der Waals surface area contributed by atoms with Gasteiger partial charge >= 0.3 is 0 Å². The maximum absolute atomic E-state index is 12.8. The van der Waals surface area contributed by atoms with E-state index < -0.39 is 17.6 Å². The number of carbonyl (C=O) groups excluding carboxylic acids is 2. The smallest absolute Gasteiger partial charge is 0.245 e. The Hall–Kier alpha value is -3.13. The molecule has 26 heavy (non-hydrogen) atoms. The van der Waals surface area contributed by atoms with Crippen LogP contribution in [0.5, 0.6) is 5.75 Å². The van der Waals surface area contributed by atoms with Crippen LogP contribution in [-0.2, 0) is 16.8 Å². The van der Waals surface area contributed by atoms with Crippen molar-refractivity contribution >= 4 is 11.7 Å². The van der Waals surface area contributed by atoms with E-state index in [9.17, 15) is 14.9 Å². The van der Waals surface area contributed by atoms with E-state index in [1.165, 1.54) is 0 Å². The predicted octanol–water partition coefficient (Wildman–Crippen LogP) is 3.00. The van der Waals surface area contributed by atoms with Crippen LogP contribution in [-0.4, -0.2) is 18.3 Å². The Bertz CT molecular complexity index is 882. The van der Waals surface area contributed by atoms with E-state index in [-0.39, 0.29) is 17.5 Å². The molecule has 1 amide bonds. The van der Waals surface area contributed by atoms with Crippen LogP contribution in [0.25, 0.3) is 0 Å². The molecule has 1 atom stereocenters. The molecular weight excluding hydrogens is 328 g/mol. The maximum Gasteiger partial charge on any atom is 0.245 e. The van der Waals surface area contributed by atoms with Crippen molar-refractivity contribution in [2.75, 3.05) is 6.61 Å². The average Bonchev–Trinajstić information content (AvgIpc) is 2.96. The number of carbonyl (C=O) groups is 2. The average molecular weight is 348 g/mol. The fourth-order valence-corrected chi connectivity index (χ4v) is 3.03. The third-order valence-corrected chi connectivity index (χ3v) is 4.55. The molecule has 0 unspecified atom stereocenters. The normalized spacial score (nSPS) is 15.3. The van der Waals surface area contributed by atoms with Crippen LogP contribution < -0.4 is 10.1 Å². The molecule has 5 heteroatoms. The van der Waals surface area contributed by atoms with E-state index in [1.54, 1.807) is 12.1 Å². The van der Waals surface area contributed by atoms with Crippen LogP contribution in [0.1, 0.15) is 35.3 Å². The number of ketones is 1. The predicted molar refractivity (Wildman–Crippen MR) is 96.7 cm³/mol. The lowest BCUT2D eigenvalue weighted by Crippen LogP contribution is -2.34. The van der Waals surface area contributed by atoms with Gasteiger partial charge in [0.25, 0.3) is 0 Å². The minimum absolute atomic E-state index is 0.205. The molecule has 1 aliphatic heterocycles. The number of nitrogens with one attached hydrogen (secondary N) is 1. The minimum Gasteiger partial charge on any atom is -0.492 e. The third-order valence-electron chi connectivity index (χ3n) is 4.55. The lowest BCUT2D eigenvalue weighted by Gasteiger charge is -2.15. The van der Waals surface area contributed by atoms with E-state index >= 15 is 0 Å². The molecule has 1 aliphatic rings. The summed E-state index contributed by atoms with van der Waals surface area (Å²) in [6.07, 6.45) is 0. The van der Waals surface area contributed by atoms with Gasteiger partial charge in [-0.1, -0.05) is 56.3 Å². The standard InChI is InChI=1S/C21H20N2O3/c1-21(2)13-26-19-15(9-6-10-17(19)21)18(24)16(11-22)20(25)23-12-14-7-4-3-5-8-14/h3-10,16H,12-13H2,1-2H3,(H,23,25)/t16-/m0/s1. The van der Waals surface area contributed by atoms with Gasteiger partial charge in [-0.25, -0.2) is 0 Å². The van der Waals surface area contributed by atoms with Gasteiger partial charge < -0.3 is 10.1 Å². The Morgan fingerprint density at radius 1 is 1.19 bits per heavy atom. The highest BCUT2D eigenvalue weighted by atomic mass is 16.5. The van der Waals surface area contributed by atoms with Crippen LogP contribution in [0.2, 0.25) is 0 Å². The number of amides is 1. The fraction of sp³-hybridized carbons (Fsp3) is 0.286. The first-order valence-electron chi connectivity index (χ1n) is 8.46. The van der Waals surface area contributed by atoms with Gasteiger partial charge in [-0.05, 0) is 11.6 Å². The number of hydrogen-bond acceptors (Lipinski definition) is 4. The number of nitrogens with zero attached hydrogens (tertiary/aromatic N) is 1. The second-order valence-corrected chi connectivity index (χ2v) is 6.98. The lowest BCUT2D eigenvalue weighted by molar-refractivity contribution is -0.122. The highest BCUT2D eigenvalue weighted by molar-refractivity contribution is 6.13. The molecule has 0 aromatic heterocycles. The Labute approximate surface area is 152 Å². The monoisotopic (exact) mass is 348 g/mol. The van der Waals surface area contributed by atoms with Crippen molar-refractivity contribution in [2.24, 2.45) is 5.92 Å².